The minimum absolute atomic E-state index is 0.175. The molecule has 0 saturated carbocycles. The number of aryl methyl sites for hydroxylation is 1. The quantitative estimate of drug-likeness (QED) is 0.370. The van der Waals surface area contributed by atoms with Crippen molar-refractivity contribution in [3.05, 3.63) is 96.1 Å². The minimum atomic E-state index is -3.92. The molecule has 194 valence electrons. The molecule has 1 heterocycles. The number of nitrogens with zero attached hydrogens (tertiary/aromatic N) is 3. The fraction of sp³-hybridized carbons (Fsp3) is 0.276. The number of rotatable bonds is 9. The van der Waals surface area contributed by atoms with Gasteiger partial charge in [0.1, 0.15) is 6.54 Å². The normalized spacial score (nSPS) is 14.7. The topological polar surface area (TPSA) is 60.9 Å². The first-order valence-corrected chi connectivity index (χ1v) is 15.0. The van der Waals surface area contributed by atoms with Crippen LogP contribution < -0.4 is 4.31 Å². The summed E-state index contributed by atoms with van der Waals surface area (Å²) >= 11 is 1.55. The number of amides is 1. The van der Waals surface area contributed by atoms with Crippen LogP contribution in [0.15, 0.2) is 94.7 Å². The van der Waals surface area contributed by atoms with Crippen LogP contribution in [-0.2, 0) is 14.8 Å². The zero-order chi connectivity index (χ0) is 26.3. The molecular weight excluding hydrogens is 502 g/mol. The van der Waals surface area contributed by atoms with Gasteiger partial charge in [0.15, 0.2) is 0 Å². The van der Waals surface area contributed by atoms with Crippen LogP contribution in [0, 0.1) is 6.92 Å². The summed E-state index contributed by atoms with van der Waals surface area (Å²) in [6.45, 7) is 5.17. The minimum Gasteiger partial charge on any atom is -0.339 e. The highest BCUT2D eigenvalue weighted by molar-refractivity contribution is 7.98. The predicted octanol–water partition coefficient (Wildman–Crippen LogP) is 4.77. The maximum atomic E-state index is 13.7. The molecule has 0 atom stereocenters. The first-order valence-electron chi connectivity index (χ1n) is 12.3. The lowest BCUT2D eigenvalue weighted by molar-refractivity contribution is -0.131. The van der Waals surface area contributed by atoms with E-state index in [0.29, 0.717) is 18.8 Å². The summed E-state index contributed by atoms with van der Waals surface area (Å²) in [5, 5.41) is 0. The van der Waals surface area contributed by atoms with Crippen LogP contribution >= 0.6 is 11.8 Å². The Hall–Kier alpha value is -3.07. The molecule has 0 radical (unpaired) electrons. The zero-order valence-electron chi connectivity index (χ0n) is 21.3. The molecule has 0 bridgehead atoms. The Kier molecular flexibility index (Phi) is 9.08. The average Bonchev–Trinajstić information content (AvgIpc) is 2.93. The van der Waals surface area contributed by atoms with Crippen molar-refractivity contribution in [3.8, 4) is 0 Å². The van der Waals surface area contributed by atoms with E-state index in [1.54, 1.807) is 53.1 Å². The lowest BCUT2D eigenvalue weighted by atomic mass is 10.2. The fourth-order valence-electron chi connectivity index (χ4n) is 4.21. The van der Waals surface area contributed by atoms with Crippen molar-refractivity contribution >= 4 is 39.5 Å². The molecule has 6 nitrogen and oxygen atoms in total. The molecule has 0 aromatic heterocycles. The molecule has 3 aromatic rings. The molecule has 4 rings (SSSR count). The maximum Gasteiger partial charge on any atom is 0.264 e. The summed E-state index contributed by atoms with van der Waals surface area (Å²) in [6, 6.07) is 24.2. The number of hydrogen-bond donors (Lipinski definition) is 0. The number of piperazine rings is 1. The number of carbonyl (C=O) groups excluding carboxylic acids is 1. The first-order chi connectivity index (χ1) is 17.9. The number of hydrogen-bond acceptors (Lipinski definition) is 5. The lowest BCUT2D eigenvalue weighted by Crippen LogP contribution is -2.51. The van der Waals surface area contributed by atoms with E-state index >= 15 is 0 Å². The van der Waals surface area contributed by atoms with Gasteiger partial charge in [-0.25, -0.2) is 8.42 Å². The fourth-order valence-corrected chi connectivity index (χ4v) is 6.03. The Balaban J connectivity index is 1.43. The van der Waals surface area contributed by atoms with Gasteiger partial charge in [0.05, 0.1) is 10.6 Å². The summed E-state index contributed by atoms with van der Waals surface area (Å²) in [5.74, 6) is -0.190. The van der Waals surface area contributed by atoms with Crippen molar-refractivity contribution in [1.82, 2.24) is 9.80 Å². The van der Waals surface area contributed by atoms with Crippen LogP contribution in [0.1, 0.15) is 11.1 Å². The third kappa shape index (κ3) is 7.03. The molecule has 1 saturated heterocycles. The molecule has 1 aliphatic rings. The van der Waals surface area contributed by atoms with Gasteiger partial charge in [-0.05, 0) is 55.1 Å². The molecule has 0 N–H and O–H groups in total. The van der Waals surface area contributed by atoms with E-state index in [-0.39, 0.29) is 17.3 Å². The Morgan fingerprint density at radius 3 is 2.19 bits per heavy atom. The average molecular weight is 536 g/mol. The highest BCUT2D eigenvalue weighted by atomic mass is 32.2. The number of sulfonamides is 1. The molecule has 8 heteroatoms. The van der Waals surface area contributed by atoms with E-state index in [9.17, 15) is 13.2 Å². The van der Waals surface area contributed by atoms with Gasteiger partial charge >= 0.3 is 0 Å². The van der Waals surface area contributed by atoms with E-state index in [1.807, 2.05) is 43.5 Å². The maximum absolute atomic E-state index is 13.7. The monoisotopic (exact) mass is 535 g/mol. The number of benzene rings is 3. The zero-order valence-corrected chi connectivity index (χ0v) is 22.9. The van der Waals surface area contributed by atoms with E-state index in [4.69, 9.17) is 0 Å². The first kappa shape index (κ1) is 27.0. The number of carbonyl (C=O) groups is 1. The summed E-state index contributed by atoms with van der Waals surface area (Å²) in [4.78, 5) is 18.5. The van der Waals surface area contributed by atoms with Gasteiger partial charge in [-0.3, -0.25) is 14.0 Å². The largest absolute Gasteiger partial charge is 0.339 e. The number of thioether (sulfide) groups is 1. The standard InChI is InChI=1S/C29H33N3O3S2/c1-24-10-12-26(13-11-24)32(37(34,35)28-16-14-27(36-2)15-17-28)23-29(33)31-21-19-30(20-22-31)18-6-9-25-7-4-3-5-8-25/h3-17H,18-23H2,1-2H3/b9-6+. The molecule has 37 heavy (non-hydrogen) atoms. The van der Waals surface area contributed by atoms with Crippen molar-refractivity contribution in [2.75, 3.05) is 49.8 Å². The van der Waals surface area contributed by atoms with E-state index in [2.05, 4.69) is 29.2 Å². The van der Waals surface area contributed by atoms with Crippen LogP contribution in [0.5, 0.6) is 0 Å². The smallest absolute Gasteiger partial charge is 0.264 e. The third-order valence-corrected chi connectivity index (χ3v) is 8.98. The highest BCUT2D eigenvalue weighted by Crippen LogP contribution is 2.26. The van der Waals surface area contributed by atoms with Crippen molar-refractivity contribution in [1.29, 1.82) is 0 Å². The molecule has 1 fully saturated rings. The van der Waals surface area contributed by atoms with Gasteiger partial charge in [-0.15, -0.1) is 11.8 Å². The van der Waals surface area contributed by atoms with E-state index in [1.165, 1.54) is 4.31 Å². The second kappa shape index (κ2) is 12.4. The van der Waals surface area contributed by atoms with Crippen LogP contribution in [0.3, 0.4) is 0 Å². The summed E-state index contributed by atoms with van der Waals surface area (Å²) in [5.41, 5.74) is 2.67. The predicted molar refractivity (Wildman–Crippen MR) is 152 cm³/mol. The van der Waals surface area contributed by atoms with Gasteiger partial charge in [0.2, 0.25) is 5.91 Å². The summed E-state index contributed by atoms with van der Waals surface area (Å²) in [7, 11) is -3.92. The Labute approximate surface area is 224 Å². The third-order valence-electron chi connectivity index (χ3n) is 6.45. The van der Waals surface area contributed by atoms with Crippen LogP contribution in [0.4, 0.5) is 5.69 Å². The van der Waals surface area contributed by atoms with Gasteiger partial charge in [0.25, 0.3) is 10.0 Å². The Morgan fingerprint density at radius 1 is 0.919 bits per heavy atom. The van der Waals surface area contributed by atoms with Crippen molar-refractivity contribution in [3.63, 3.8) is 0 Å². The summed E-state index contributed by atoms with van der Waals surface area (Å²) in [6.07, 6.45) is 6.19. The number of anilines is 1. The molecule has 0 spiro atoms. The molecular formula is C29H33N3O3S2. The van der Waals surface area contributed by atoms with Crippen LogP contribution in [0.2, 0.25) is 0 Å². The molecule has 1 amide bonds. The Bertz CT molecular complexity index is 1300. The van der Waals surface area contributed by atoms with E-state index in [0.717, 1.165) is 35.7 Å². The van der Waals surface area contributed by atoms with Crippen molar-refractivity contribution < 1.29 is 13.2 Å². The van der Waals surface area contributed by atoms with Crippen molar-refractivity contribution in [2.45, 2.75) is 16.7 Å². The molecule has 0 aliphatic carbocycles. The Morgan fingerprint density at radius 2 is 1.57 bits per heavy atom. The van der Waals surface area contributed by atoms with Gasteiger partial charge in [-0.2, -0.15) is 0 Å². The SMILES string of the molecule is CSc1ccc(S(=O)(=O)N(CC(=O)N2CCN(C/C=C/c3ccccc3)CC2)c2ccc(C)cc2)cc1. The van der Waals surface area contributed by atoms with E-state index < -0.39 is 10.0 Å². The molecule has 1 aliphatic heterocycles. The van der Waals surface area contributed by atoms with Gasteiger partial charge in [0, 0.05) is 37.6 Å². The second-order valence-electron chi connectivity index (χ2n) is 9.02. The summed E-state index contributed by atoms with van der Waals surface area (Å²) < 4.78 is 28.5. The molecule has 0 unspecified atom stereocenters. The van der Waals surface area contributed by atoms with Crippen LogP contribution in [0.25, 0.3) is 6.08 Å². The van der Waals surface area contributed by atoms with Gasteiger partial charge < -0.3 is 4.90 Å². The van der Waals surface area contributed by atoms with Gasteiger partial charge in [-0.1, -0.05) is 60.2 Å². The molecule has 3 aromatic carbocycles. The highest BCUT2D eigenvalue weighted by Gasteiger charge is 2.30. The lowest BCUT2D eigenvalue weighted by Gasteiger charge is -2.35. The van der Waals surface area contributed by atoms with Crippen molar-refractivity contribution in [2.24, 2.45) is 0 Å². The van der Waals surface area contributed by atoms with Crippen LogP contribution in [-0.4, -0.2) is 69.6 Å². The second-order valence-corrected chi connectivity index (χ2v) is 11.8.